The summed E-state index contributed by atoms with van der Waals surface area (Å²) in [7, 11) is 0. The number of carbonyl (C=O) groups is 2. The number of aliphatic carboxylic acids is 1. The van der Waals surface area contributed by atoms with Crippen LogP contribution in [0.3, 0.4) is 0 Å². The number of Topliss-reactive ketones (excluding diaryl/α,β-unsaturated/α-hetero) is 1. The number of carboxylic acid groups (broad SMARTS) is 1. The van der Waals surface area contributed by atoms with Gasteiger partial charge < -0.3 is 5.11 Å². The monoisotopic (exact) mass is 170 g/mol. The number of unbranched alkanes of at least 4 members (excludes halogenated alkanes) is 1. The molecule has 3 heteroatoms. The Kier molecular flexibility index (Phi) is 3.26. The zero-order chi connectivity index (χ0) is 8.97. The smallest absolute Gasteiger partial charge is 0.303 e. The first-order valence-corrected chi connectivity index (χ1v) is 4.44. The lowest BCUT2D eigenvalue weighted by Gasteiger charge is -1.96. The number of rotatable bonds is 6. The molecule has 3 nitrogen and oxygen atoms in total. The summed E-state index contributed by atoms with van der Waals surface area (Å²) in [4.78, 5) is 21.2. The van der Waals surface area contributed by atoms with Gasteiger partial charge in [0.05, 0.1) is 0 Å². The summed E-state index contributed by atoms with van der Waals surface area (Å²) in [5, 5.41) is 8.32. The normalized spacial score (nSPS) is 16.0. The van der Waals surface area contributed by atoms with Gasteiger partial charge in [-0.1, -0.05) is 0 Å². The summed E-state index contributed by atoms with van der Waals surface area (Å²) < 4.78 is 0. The van der Waals surface area contributed by atoms with Crippen molar-refractivity contribution in [2.24, 2.45) is 5.92 Å². The molecule has 1 aliphatic rings. The number of ketones is 1. The highest BCUT2D eigenvalue weighted by Crippen LogP contribution is 2.31. The van der Waals surface area contributed by atoms with Crippen LogP contribution in [0.15, 0.2) is 0 Å². The minimum atomic E-state index is -0.770. The van der Waals surface area contributed by atoms with Crippen LogP contribution in [0.2, 0.25) is 0 Å². The fraction of sp³-hybridized carbons (Fsp3) is 0.778. The molecule has 0 aliphatic heterocycles. The summed E-state index contributed by atoms with van der Waals surface area (Å²) in [5.74, 6) is -0.107. The SMILES string of the molecule is O=C(O)CCCCC(=O)C1CC1. The van der Waals surface area contributed by atoms with Gasteiger partial charge in [-0.2, -0.15) is 0 Å². The van der Waals surface area contributed by atoms with E-state index in [4.69, 9.17) is 5.11 Å². The first kappa shape index (κ1) is 9.23. The molecule has 1 rings (SSSR count). The predicted molar refractivity (Wildman–Crippen MR) is 43.8 cm³/mol. The molecule has 12 heavy (non-hydrogen) atoms. The van der Waals surface area contributed by atoms with E-state index in [9.17, 15) is 9.59 Å². The van der Waals surface area contributed by atoms with E-state index in [1.807, 2.05) is 0 Å². The maximum absolute atomic E-state index is 11.1. The Morgan fingerprint density at radius 1 is 1.17 bits per heavy atom. The van der Waals surface area contributed by atoms with E-state index in [1.54, 1.807) is 0 Å². The molecule has 0 bridgehead atoms. The first-order valence-electron chi connectivity index (χ1n) is 4.44. The standard InChI is InChI=1S/C9H14O3/c10-8(7-5-6-7)3-1-2-4-9(11)12/h7H,1-6H2,(H,11,12). The molecule has 1 aliphatic carbocycles. The van der Waals surface area contributed by atoms with E-state index >= 15 is 0 Å². The molecule has 1 fully saturated rings. The van der Waals surface area contributed by atoms with Crippen LogP contribution in [0.5, 0.6) is 0 Å². The minimum absolute atomic E-state index is 0.192. The average Bonchev–Trinajstić information content (AvgIpc) is 2.79. The van der Waals surface area contributed by atoms with Crippen molar-refractivity contribution in [1.82, 2.24) is 0 Å². The molecule has 0 atom stereocenters. The third kappa shape index (κ3) is 3.51. The van der Waals surface area contributed by atoms with E-state index in [-0.39, 0.29) is 6.42 Å². The van der Waals surface area contributed by atoms with Crippen molar-refractivity contribution in [2.45, 2.75) is 38.5 Å². The second-order valence-corrected chi connectivity index (χ2v) is 3.34. The van der Waals surface area contributed by atoms with Gasteiger partial charge in [0.15, 0.2) is 0 Å². The summed E-state index contributed by atoms with van der Waals surface area (Å²) in [6.45, 7) is 0. The Morgan fingerprint density at radius 3 is 2.25 bits per heavy atom. The van der Waals surface area contributed by atoms with Crippen LogP contribution in [0.4, 0.5) is 0 Å². The summed E-state index contributed by atoms with van der Waals surface area (Å²) in [6.07, 6.45) is 4.25. The predicted octanol–water partition coefficient (Wildman–Crippen LogP) is 1.61. The largest absolute Gasteiger partial charge is 0.481 e. The third-order valence-electron chi connectivity index (χ3n) is 2.10. The van der Waals surface area contributed by atoms with Crippen molar-refractivity contribution in [2.75, 3.05) is 0 Å². The molecule has 1 N–H and O–H groups in total. The van der Waals surface area contributed by atoms with Gasteiger partial charge >= 0.3 is 5.97 Å². The van der Waals surface area contributed by atoms with Crippen LogP contribution < -0.4 is 0 Å². The highest BCUT2D eigenvalue weighted by atomic mass is 16.4. The van der Waals surface area contributed by atoms with Crippen LogP contribution in [-0.4, -0.2) is 16.9 Å². The van der Waals surface area contributed by atoms with Gasteiger partial charge in [-0.25, -0.2) is 0 Å². The topological polar surface area (TPSA) is 54.4 Å². The van der Waals surface area contributed by atoms with Gasteiger partial charge in [-0.05, 0) is 25.7 Å². The zero-order valence-electron chi connectivity index (χ0n) is 7.08. The maximum Gasteiger partial charge on any atom is 0.303 e. The lowest BCUT2D eigenvalue weighted by molar-refractivity contribution is -0.137. The van der Waals surface area contributed by atoms with Crippen molar-refractivity contribution in [1.29, 1.82) is 0 Å². The van der Waals surface area contributed by atoms with E-state index in [0.717, 1.165) is 19.3 Å². The average molecular weight is 170 g/mol. The molecule has 0 unspecified atom stereocenters. The van der Waals surface area contributed by atoms with Gasteiger partial charge in [0.25, 0.3) is 0 Å². The van der Waals surface area contributed by atoms with Crippen molar-refractivity contribution < 1.29 is 14.7 Å². The molecular weight excluding hydrogens is 156 g/mol. The van der Waals surface area contributed by atoms with Gasteiger partial charge in [0.2, 0.25) is 0 Å². The second-order valence-electron chi connectivity index (χ2n) is 3.34. The molecular formula is C9H14O3. The first-order chi connectivity index (χ1) is 5.70. The van der Waals surface area contributed by atoms with Gasteiger partial charge in [0, 0.05) is 18.8 Å². The van der Waals surface area contributed by atoms with E-state index < -0.39 is 5.97 Å². The number of hydrogen-bond acceptors (Lipinski definition) is 2. The molecule has 0 radical (unpaired) electrons. The molecule has 0 spiro atoms. The van der Waals surface area contributed by atoms with Crippen molar-refractivity contribution in [3.8, 4) is 0 Å². The molecule has 0 aromatic heterocycles. The van der Waals surface area contributed by atoms with Crippen molar-refractivity contribution in [3.05, 3.63) is 0 Å². The maximum atomic E-state index is 11.1. The fourth-order valence-corrected chi connectivity index (χ4v) is 1.18. The Balaban J connectivity index is 1.94. The molecule has 0 saturated heterocycles. The number of hydrogen-bond donors (Lipinski definition) is 1. The van der Waals surface area contributed by atoms with Crippen molar-refractivity contribution >= 4 is 11.8 Å². The minimum Gasteiger partial charge on any atom is -0.481 e. The molecule has 0 aromatic carbocycles. The summed E-state index contributed by atoms with van der Waals surface area (Å²) in [5.41, 5.74) is 0. The zero-order valence-corrected chi connectivity index (χ0v) is 7.08. The Morgan fingerprint density at radius 2 is 1.75 bits per heavy atom. The van der Waals surface area contributed by atoms with Gasteiger partial charge in [-0.3, -0.25) is 9.59 Å². The van der Waals surface area contributed by atoms with Crippen LogP contribution in [-0.2, 0) is 9.59 Å². The van der Waals surface area contributed by atoms with Crippen LogP contribution in [0.1, 0.15) is 38.5 Å². The molecule has 0 aromatic rings. The van der Waals surface area contributed by atoms with E-state index in [0.29, 0.717) is 24.5 Å². The summed E-state index contributed by atoms with van der Waals surface area (Å²) >= 11 is 0. The summed E-state index contributed by atoms with van der Waals surface area (Å²) in [6, 6.07) is 0. The molecule has 1 saturated carbocycles. The molecule has 68 valence electrons. The fourth-order valence-electron chi connectivity index (χ4n) is 1.18. The lowest BCUT2D eigenvalue weighted by atomic mass is 10.1. The van der Waals surface area contributed by atoms with E-state index in [2.05, 4.69) is 0 Å². The second kappa shape index (κ2) is 4.24. The van der Waals surface area contributed by atoms with Crippen molar-refractivity contribution in [3.63, 3.8) is 0 Å². The van der Waals surface area contributed by atoms with Crippen LogP contribution >= 0.6 is 0 Å². The van der Waals surface area contributed by atoms with Gasteiger partial charge in [0.1, 0.15) is 5.78 Å². The molecule has 0 heterocycles. The van der Waals surface area contributed by atoms with Crippen LogP contribution in [0, 0.1) is 5.92 Å². The Hall–Kier alpha value is -0.860. The lowest BCUT2D eigenvalue weighted by Crippen LogP contribution is -2.00. The third-order valence-corrected chi connectivity index (χ3v) is 2.10. The number of carbonyl (C=O) groups excluding carboxylic acids is 1. The highest BCUT2D eigenvalue weighted by molar-refractivity contribution is 5.83. The Labute approximate surface area is 71.8 Å². The van der Waals surface area contributed by atoms with E-state index in [1.165, 1.54) is 0 Å². The Bertz CT molecular complexity index is 182. The van der Waals surface area contributed by atoms with Gasteiger partial charge in [-0.15, -0.1) is 0 Å². The quantitative estimate of drug-likeness (QED) is 0.616. The molecule has 0 amide bonds. The van der Waals surface area contributed by atoms with Crippen LogP contribution in [0.25, 0.3) is 0 Å². The number of carboxylic acids is 1. The highest BCUT2D eigenvalue weighted by Gasteiger charge is 2.28.